The first-order chi connectivity index (χ1) is 6.04. The number of hydrogen-bond acceptors (Lipinski definition) is 2. The van der Waals surface area contributed by atoms with Crippen molar-refractivity contribution < 1.29 is 5.11 Å². The fraction of sp³-hybridized carbons (Fsp3) is 0.333. The van der Waals surface area contributed by atoms with E-state index in [1.54, 1.807) is 25.1 Å². The summed E-state index contributed by atoms with van der Waals surface area (Å²) in [5.74, 6) is 0. The Kier molecular flexibility index (Phi) is 5.79. The smallest absolute Gasteiger partial charge is 0.0966 e. The average Bonchev–Trinajstić information content (AvgIpc) is 2.03. The Morgan fingerprint density at radius 2 is 1.71 bits per heavy atom. The van der Waals surface area contributed by atoms with E-state index in [1.165, 1.54) is 0 Å². The summed E-state index contributed by atoms with van der Waals surface area (Å²) in [6.45, 7) is 1.70. The van der Waals surface area contributed by atoms with Crippen molar-refractivity contribution in [2.45, 2.75) is 19.1 Å². The maximum atomic E-state index is 9.67. The van der Waals surface area contributed by atoms with Crippen LogP contribution in [0.1, 0.15) is 18.6 Å². The zero-order chi connectivity index (χ0) is 10.0. The molecule has 0 radical (unpaired) electrons. The van der Waals surface area contributed by atoms with Crippen LogP contribution in [0, 0.1) is 0 Å². The Bertz CT molecular complexity index is 284. The van der Waals surface area contributed by atoms with Gasteiger partial charge in [0, 0.05) is 21.7 Å². The molecule has 0 amide bonds. The van der Waals surface area contributed by atoms with Gasteiger partial charge in [0.2, 0.25) is 0 Å². The minimum atomic E-state index is -0.818. The number of nitrogens with two attached hydrogens (primary N) is 1. The largest absolute Gasteiger partial charge is 0.387 e. The van der Waals surface area contributed by atoms with Crippen molar-refractivity contribution in [3.8, 4) is 0 Å². The molecule has 0 aliphatic heterocycles. The summed E-state index contributed by atoms with van der Waals surface area (Å²) < 4.78 is 0. The van der Waals surface area contributed by atoms with Crippen LogP contribution < -0.4 is 5.73 Å². The molecule has 1 aromatic rings. The van der Waals surface area contributed by atoms with Crippen molar-refractivity contribution in [3.05, 3.63) is 33.8 Å². The van der Waals surface area contributed by atoms with E-state index >= 15 is 0 Å². The maximum Gasteiger partial charge on any atom is 0.0966 e. The lowest BCUT2D eigenvalue weighted by Gasteiger charge is -2.17. The molecule has 5 heteroatoms. The number of benzene rings is 1. The van der Waals surface area contributed by atoms with Crippen LogP contribution in [0.25, 0.3) is 0 Å². The molecule has 0 heterocycles. The molecule has 1 rings (SSSR count). The van der Waals surface area contributed by atoms with E-state index in [2.05, 4.69) is 0 Å². The summed E-state index contributed by atoms with van der Waals surface area (Å²) in [5, 5.41) is 10.5. The lowest BCUT2D eigenvalue weighted by atomic mass is 10.0. The molecule has 3 N–H and O–H groups in total. The highest BCUT2D eigenvalue weighted by atomic mass is 35.5. The zero-order valence-corrected chi connectivity index (χ0v) is 9.90. The van der Waals surface area contributed by atoms with Crippen LogP contribution in [-0.4, -0.2) is 11.1 Å². The van der Waals surface area contributed by atoms with E-state index in [1.807, 2.05) is 0 Å². The topological polar surface area (TPSA) is 46.2 Å². The summed E-state index contributed by atoms with van der Waals surface area (Å²) in [5.41, 5.74) is 6.04. The van der Waals surface area contributed by atoms with Crippen molar-refractivity contribution in [1.82, 2.24) is 0 Å². The zero-order valence-electron chi connectivity index (χ0n) is 7.58. The molecule has 14 heavy (non-hydrogen) atoms. The molecule has 0 aliphatic carbocycles. The van der Waals surface area contributed by atoms with E-state index < -0.39 is 12.1 Å². The van der Waals surface area contributed by atoms with E-state index in [4.69, 9.17) is 28.9 Å². The minimum absolute atomic E-state index is 0. The van der Waals surface area contributed by atoms with Crippen molar-refractivity contribution >= 4 is 35.6 Å². The van der Waals surface area contributed by atoms with Gasteiger partial charge < -0.3 is 10.8 Å². The van der Waals surface area contributed by atoms with E-state index in [0.29, 0.717) is 15.6 Å². The summed E-state index contributed by atoms with van der Waals surface area (Å²) in [6, 6.07) is 4.68. The lowest BCUT2D eigenvalue weighted by molar-refractivity contribution is 0.153. The summed E-state index contributed by atoms with van der Waals surface area (Å²) >= 11 is 11.7. The molecular formula is C9H12Cl3NO. The third-order valence-corrected chi connectivity index (χ3v) is 2.45. The Hall–Kier alpha value is 0.01000. The van der Waals surface area contributed by atoms with Crippen molar-refractivity contribution in [2.75, 3.05) is 0 Å². The Balaban J connectivity index is 0.00000169. The minimum Gasteiger partial charge on any atom is -0.387 e. The second-order valence-corrected chi connectivity index (χ2v) is 3.75. The fourth-order valence-corrected chi connectivity index (χ4v) is 1.68. The van der Waals surface area contributed by atoms with Crippen LogP contribution >= 0.6 is 35.6 Å². The van der Waals surface area contributed by atoms with Gasteiger partial charge in [-0.2, -0.15) is 0 Å². The average molecular weight is 257 g/mol. The van der Waals surface area contributed by atoms with Gasteiger partial charge in [0.15, 0.2) is 0 Å². The standard InChI is InChI=1S/C9H11Cl2NO.ClH/c1-5(12)9(13)8-6(10)3-2-4-7(8)11;/h2-5,9,13H,12H2,1H3;1H. The molecule has 2 atom stereocenters. The van der Waals surface area contributed by atoms with Crippen LogP contribution in [0.3, 0.4) is 0 Å². The molecule has 0 bridgehead atoms. The first-order valence-electron chi connectivity index (χ1n) is 3.91. The van der Waals surface area contributed by atoms with Crippen LogP contribution in [0.15, 0.2) is 18.2 Å². The number of halogens is 3. The second-order valence-electron chi connectivity index (χ2n) is 2.94. The van der Waals surface area contributed by atoms with Gasteiger partial charge >= 0.3 is 0 Å². The van der Waals surface area contributed by atoms with Gasteiger partial charge in [0.05, 0.1) is 6.10 Å². The lowest BCUT2D eigenvalue weighted by Crippen LogP contribution is -2.24. The number of aliphatic hydroxyl groups excluding tert-OH is 1. The van der Waals surface area contributed by atoms with Crippen molar-refractivity contribution in [1.29, 1.82) is 0 Å². The first-order valence-corrected chi connectivity index (χ1v) is 4.67. The van der Waals surface area contributed by atoms with E-state index in [0.717, 1.165) is 0 Å². The Morgan fingerprint density at radius 1 is 1.29 bits per heavy atom. The predicted octanol–water partition coefficient (Wildman–Crippen LogP) is 2.80. The summed E-state index contributed by atoms with van der Waals surface area (Å²) in [7, 11) is 0. The van der Waals surface area contributed by atoms with Crippen LogP contribution in [0.5, 0.6) is 0 Å². The maximum absolute atomic E-state index is 9.67. The molecule has 0 aromatic heterocycles. The fourth-order valence-electron chi connectivity index (χ4n) is 1.06. The molecule has 2 nitrogen and oxygen atoms in total. The highest BCUT2D eigenvalue weighted by Crippen LogP contribution is 2.31. The van der Waals surface area contributed by atoms with Crippen molar-refractivity contribution in [3.63, 3.8) is 0 Å². The number of rotatable bonds is 2. The van der Waals surface area contributed by atoms with E-state index in [-0.39, 0.29) is 12.4 Å². The van der Waals surface area contributed by atoms with Crippen LogP contribution in [0.2, 0.25) is 10.0 Å². The molecule has 0 aliphatic rings. The number of hydrogen-bond donors (Lipinski definition) is 2. The number of aliphatic hydroxyl groups is 1. The van der Waals surface area contributed by atoms with Gasteiger partial charge in [-0.1, -0.05) is 29.3 Å². The molecular weight excluding hydrogens is 244 g/mol. The summed E-state index contributed by atoms with van der Waals surface area (Å²) in [4.78, 5) is 0. The Labute approximate surface area is 99.4 Å². The van der Waals surface area contributed by atoms with Crippen molar-refractivity contribution in [2.24, 2.45) is 5.73 Å². The van der Waals surface area contributed by atoms with Gasteiger partial charge in [0.1, 0.15) is 0 Å². The molecule has 0 saturated heterocycles. The van der Waals surface area contributed by atoms with Gasteiger partial charge in [-0.25, -0.2) is 0 Å². The quantitative estimate of drug-likeness (QED) is 0.855. The van der Waals surface area contributed by atoms with Crippen LogP contribution in [-0.2, 0) is 0 Å². The first kappa shape index (κ1) is 14.0. The molecule has 2 unspecified atom stereocenters. The van der Waals surface area contributed by atoms with Gasteiger partial charge in [0.25, 0.3) is 0 Å². The highest BCUT2D eigenvalue weighted by Gasteiger charge is 2.18. The highest BCUT2D eigenvalue weighted by molar-refractivity contribution is 6.36. The molecule has 1 aromatic carbocycles. The second kappa shape index (κ2) is 5.79. The molecule has 0 fully saturated rings. The predicted molar refractivity (Wildman–Crippen MR) is 62.3 cm³/mol. The van der Waals surface area contributed by atoms with E-state index in [9.17, 15) is 5.11 Å². The van der Waals surface area contributed by atoms with Gasteiger partial charge in [-0.3, -0.25) is 0 Å². The Morgan fingerprint density at radius 3 is 2.07 bits per heavy atom. The summed E-state index contributed by atoms with van der Waals surface area (Å²) in [6.07, 6.45) is -0.818. The van der Waals surface area contributed by atoms with Gasteiger partial charge in [-0.15, -0.1) is 12.4 Å². The monoisotopic (exact) mass is 255 g/mol. The third-order valence-electron chi connectivity index (χ3n) is 1.79. The molecule has 0 saturated carbocycles. The van der Waals surface area contributed by atoms with Gasteiger partial charge in [-0.05, 0) is 19.1 Å². The third kappa shape index (κ3) is 3.01. The normalized spacial score (nSPS) is 14.4. The molecule has 0 spiro atoms. The van der Waals surface area contributed by atoms with Crippen LogP contribution in [0.4, 0.5) is 0 Å². The molecule has 80 valence electrons. The SMILES string of the molecule is CC(N)C(O)c1c(Cl)cccc1Cl.Cl.